The first-order chi connectivity index (χ1) is 13.3. The summed E-state index contributed by atoms with van der Waals surface area (Å²) >= 11 is 1.52. The van der Waals surface area contributed by atoms with E-state index < -0.39 is 0 Å². The van der Waals surface area contributed by atoms with Crippen molar-refractivity contribution in [2.45, 2.75) is 47.0 Å². The Morgan fingerprint density at radius 3 is 2.61 bits per heavy atom. The Morgan fingerprint density at radius 1 is 1.14 bits per heavy atom. The number of rotatable bonds is 5. The summed E-state index contributed by atoms with van der Waals surface area (Å²) in [4.78, 5) is 14.2. The topological polar surface area (TPSA) is 29.1 Å². The van der Waals surface area contributed by atoms with Crippen LogP contribution in [-0.2, 0) is 0 Å². The number of carbonyl (C=O) groups excluding carboxylic acids is 1. The molecule has 2 aromatic rings. The van der Waals surface area contributed by atoms with Crippen LogP contribution in [0.15, 0.2) is 71.3 Å². The number of thiophene rings is 1. The van der Waals surface area contributed by atoms with Gasteiger partial charge in [-0.15, -0.1) is 11.3 Å². The molecule has 0 bridgehead atoms. The van der Waals surface area contributed by atoms with Crippen molar-refractivity contribution >= 4 is 29.0 Å². The Balaban J connectivity index is 1.69. The fraction of sp³-hybridized carbons (Fsp3) is 0.320. The van der Waals surface area contributed by atoms with Gasteiger partial charge in [0.25, 0.3) is 5.91 Å². The van der Waals surface area contributed by atoms with Crippen LogP contribution in [0, 0.1) is 5.41 Å². The summed E-state index contributed by atoms with van der Waals surface area (Å²) in [5.74, 6) is -0.0613. The van der Waals surface area contributed by atoms with Crippen molar-refractivity contribution in [3.8, 4) is 0 Å². The molecule has 2 nitrogen and oxygen atoms in total. The van der Waals surface area contributed by atoms with Crippen molar-refractivity contribution in [2.75, 3.05) is 5.32 Å². The molecule has 0 unspecified atom stereocenters. The Kier molecular flexibility index (Phi) is 6.35. The molecule has 0 aliphatic heterocycles. The number of nitrogens with one attached hydrogen (secondary N) is 1. The SMILES string of the molecule is CC1=C(/C=C/C(C)=C/c2ccc(C(=O)Nc3ccccc3)s2)C(C)(C)CCC1. The van der Waals surface area contributed by atoms with Crippen molar-refractivity contribution in [1.29, 1.82) is 0 Å². The van der Waals surface area contributed by atoms with E-state index in [0.717, 1.165) is 15.4 Å². The molecular weight excluding hydrogens is 362 g/mol. The average molecular weight is 392 g/mol. The van der Waals surface area contributed by atoms with Gasteiger partial charge in [0.05, 0.1) is 4.88 Å². The monoisotopic (exact) mass is 391 g/mol. The molecule has 3 heteroatoms. The van der Waals surface area contributed by atoms with Crippen LogP contribution in [0.5, 0.6) is 0 Å². The van der Waals surface area contributed by atoms with Crippen molar-refractivity contribution in [3.05, 3.63) is 81.1 Å². The number of anilines is 1. The molecule has 28 heavy (non-hydrogen) atoms. The van der Waals surface area contributed by atoms with E-state index in [1.54, 1.807) is 0 Å². The van der Waals surface area contributed by atoms with Gasteiger partial charge >= 0.3 is 0 Å². The van der Waals surface area contributed by atoms with Crippen molar-refractivity contribution in [2.24, 2.45) is 5.41 Å². The van der Waals surface area contributed by atoms with Crippen molar-refractivity contribution < 1.29 is 4.79 Å². The van der Waals surface area contributed by atoms with Crippen LogP contribution < -0.4 is 5.32 Å². The minimum Gasteiger partial charge on any atom is -0.321 e. The second kappa shape index (κ2) is 8.74. The summed E-state index contributed by atoms with van der Waals surface area (Å²) in [6, 6.07) is 13.5. The average Bonchev–Trinajstić information content (AvgIpc) is 3.10. The lowest BCUT2D eigenvalue weighted by Crippen LogP contribution is -2.19. The first kappa shape index (κ1) is 20.3. The molecule has 0 fully saturated rings. The van der Waals surface area contributed by atoms with Gasteiger partial charge in [-0.1, -0.05) is 49.8 Å². The first-order valence-electron chi connectivity index (χ1n) is 9.88. The largest absolute Gasteiger partial charge is 0.321 e. The molecule has 0 saturated heterocycles. The third kappa shape index (κ3) is 5.11. The van der Waals surface area contributed by atoms with Crippen LogP contribution >= 0.6 is 11.3 Å². The third-order valence-electron chi connectivity index (χ3n) is 5.31. The van der Waals surface area contributed by atoms with E-state index in [9.17, 15) is 4.79 Å². The van der Waals surface area contributed by atoms with Crippen LogP contribution in [0.4, 0.5) is 5.69 Å². The maximum absolute atomic E-state index is 12.4. The van der Waals surface area contributed by atoms with Crippen LogP contribution in [-0.4, -0.2) is 5.91 Å². The molecule has 0 atom stereocenters. The van der Waals surface area contributed by atoms with Crippen LogP contribution in [0.25, 0.3) is 6.08 Å². The lowest BCUT2D eigenvalue weighted by molar-refractivity contribution is 0.103. The minimum absolute atomic E-state index is 0.0613. The van der Waals surface area contributed by atoms with Gasteiger partial charge in [-0.3, -0.25) is 4.79 Å². The maximum atomic E-state index is 12.4. The normalized spacial score (nSPS) is 17.2. The number of carbonyl (C=O) groups is 1. The maximum Gasteiger partial charge on any atom is 0.265 e. The lowest BCUT2D eigenvalue weighted by atomic mass is 9.72. The second-order valence-electron chi connectivity index (χ2n) is 8.18. The van der Waals surface area contributed by atoms with E-state index in [1.807, 2.05) is 42.5 Å². The molecule has 0 radical (unpaired) electrons. The zero-order valence-corrected chi connectivity index (χ0v) is 18.0. The summed E-state index contributed by atoms with van der Waals surface area (Å²) in [5, 5.41) is 2.94. The molecule has 1 N–H and O–H groups in total. The zero-order chi connectivity index (χ0) is 20.1. The second-order valence-corrected chi connectivity index (χ2v) is 9.29. The minimum atomic E-state index is -0.0613. The number of allylic oxidation sites excluding steroid dienone is 5. The van der Waals surface area contributed by atoms with Crippen molar-refractivity contribution in [1.82, 2.24) is 0 Å². The molecule has 1 aliphatic carbocycles. The highest BCUT2D eigenvalue weighted by Crippen LogP contribution is 2.40. The molecule has 146 valence electrons. The van der Waals surface area contributed by atoms with Gasteiger partial charge < -0.3 is 5.32 Å². The Hall–Kier alpha value is -2.39. The molecule has 1 heterocycles. The van der Waals surface area contributed by atoms with Crippen molar-refractivity contribution in [3.63, 3.8) is 0 Å². The van der Waals surface area contributed by atoms with Crippen LogP contribution in [0.1, 0.15) is 61.5 Å². The highest BCUT2D eigenvalue weighted by molar-refractivity contribution is 7.15. The Morgan fingerprint density at radius 2 is 1.89 bits per heavy atom. The lowest BCUT2D eigenvalue weighted by Gasteiger charge is -2.32. The fourth-order valence-corrected chi connectivity index (χ4v) is 4.68. The number of hydrogen-bond acceptors (Lipinski definition) is 2. The van der Waals surface area contributed by atoms with Gasteiger partial charge in [0.1, 0.15) is 0 Å². The molecule has 1 aromatic heterocycles. The number of para-hydroxylation sites is 1. The summed E-state index contributed by atoms with van der Waals surface area (Å²) in [6.07, 6.45) is 10.4. The molecular formula is C25H29NOS. The Bertz CT molecular complexity index is 928. The summed E-state index contributed by atoms with van der Waals surface area (Å²) in [6.45, 7) is 9.05. The first-order valence-corrected chi connectivity index (χ1v) is 10.7. The fourth-order valence-electron chi connectivity index (χ4n) is 3.76. The predicted octanol–water partition coefficient (Wildman–Crippen LogP) is 7.49. The molecule has 1 aromatic carbocycles. The molecule has 1 amide bonds. The zero-order valence-electron chi connectivity index (χ0n) is 17.2. The van der Waals surface area contributed by atoms with Crippen LogP contribution in [0.2, 0.25) is 0 Å². The third-order valence-corrected chi connectivity index (χ3v) is 6.34. The van der Waals surface area contributed by atoms with E-state index in [-0.39, 0.29) is 11.3 Å². The van der Waals surface area contributed by atoms with Gasteiger partial charge in [-0.05, 0) is 80.0 Å². The quantitative estimate of drug-likeness (QED) is 0.526. The molecule has 1 aliphatic rings. The van der Waals surface area contributed by atoms with E-state index in [4.69, 9.17) is 0 Å². The summed E-state index contributed by atoms with van der Waals surface area (Å²) in [5.41, 5.74) is 5.25. The van der Waals surface area contributed by atoms with E-state index in [2.05, 4.69) is 51.2 Å². The highest BCUT2D eigenvalue weighted by atomic mass is 32.1. The van der Waals surface area contributed by atoms with Gasteiger partial charge in [0.15, 0.2) is 0 Å². The predicted molar refractivity (Wildman–Crippen MR) is 122 cm³/mol. The van der Waals surface area contributed by atoms with Gasteiger partial charge in [-0.25, -0.2) is 0 Å². The van der Waals surface area contributed by atoms with E-state index >= 15 is 0 Å². The highest BCUT2D eigenvalue weighted by Gasteiger charge is 2.26. The summed E-state index contributed by atoms with van der Waals surface area (Å²) < 4.78 is 0. The molecule has 0 saturated carbocycles. The van der Waals surface area contributed by atoms with Gasteiger partial charge in [-0.2, -0.15) is 0 Å². The smallest absolute Gasteiger partial charge is 0.265 e. The number of amides is 1. The van der Waals surface area contributed by atoms with E-state index in [1.165, 1.54) is 47.3 Å². The van der Waals surface area contributed by atoms with E-state index in [0.29, 0.717) is 0 Å². The summed E-state index contributed by atoms with van der Waals surface area (Å²) in [7, 11) is 0. The van der Waals surface area contributed by atoms with Crippen LogP contribution in [0.3, 0.4) is 0 Å². The standard InChI is InChI=1S/C25H29NOS/c1-18(12-14-22-19(2)9-8-16-25(22,3)4)17-21-13-15-23(28-21)24(27)26-20-10-6-5-7-11-20/h5-7,10-15,17H,8-9,16H2,1-4H3,(H,26,27)/b14-12+,18-17+. The van der Waals surface area contributed by atoms with Gasteiger partial charge in [0.2, 0.25) is 0 Å². The number of benzene rings is 1. The molecule has 3 rings (SSSR count). The number of hydrogen-bond donors (Lipinski definition) is 1. The molecule has 0 spiro atoms. The Labute approximate surface area is 172 Å². The van der Waals surface area contributed by atoms with Gasteiger partial charge in [0, 0.05) is 10.6 Å².